The Bertz CT molecular complexity index is 1350. The number of likely N-dealkylation sites (tertiary alicyclic amines) is 1. The molecule has 2 fully saturated rings. The van der Waals surface area contributed by atoms with Crippen LogP contribution in [-0.2, 0) is 11.3 Å². The summed E-state index contributed by atoms with van der Waals surface area (Å²) in [5, 5.41) is 18.4. The Balaban J connectivity index is 1.22. The predicted molar refractivity (Wildman–Crippen MR) is 145 cm³/mol. The number of benzene rings is 2. The summed E-state index contributed by atoms with van der Waals surface area (Å²) in [7, 11) is 0. The van der Waals surface area contributed by atoms with Crippen molar-refractivity contribution in [1.82, 2.24) is 15.2 Å². The van der Waals surface area contributed by atoms with E-state index in [1.807, 2.05) is 24.3 Å². The van der Waals surface area contributed by atoms with Gasteiger partial charge in [0.05, 0.1) is 10.5 Å². The zero-order chi connectivity index (χ0) is 26.6. The first-order valence-electron chi connectivity index (χ1n) is 12.7. The van der Waals surface area contributed by atoms with Gasteiger partial charge in [-0.15, -0.1) is 0 Å². The van der Waals surface area contributed by atoms with Crippen LogP contribution >= 0.6 is 11.6 Å². The Hall–Kier alpha value is -3.82. The molecule has 0 spiro atoms. The maximum Gasteiger partial charge on any atom is 0.277 e. The molecule has 1 aliphatic heterocycles. The first-order valence-corrected chi connectivity index (χ1v) is 13.1. The number of pyridine rings is 1. The van der Waals surface area contributed by atoms with Crippen molar-refractivity contribution in [3.63, 3.8) is 0 Å². The summed E-state index contributed by atoms with van der Waals surface area (Å²) in [6.07, 6.45) is 4.82. The van der Waals surface area contributed by atoms with Crippen LogP contribution in [0.15, 0.2) is 60.8 Å². The van der Waals surface area contributed by atoms with Crippen molar-refractivity contribution >= 4 is 34.9 Å². The van der Waals surface area contributed by atoms with E-state index >= 15 is 0 Å². The predicted octanol–water partition coefficient (Wildman–Crippen LogP) is 5.05. The Morgan fingerprint density at radius 1 is 1.03 bits per heavy atom. The van der Waals surface area contributed by atoms with Gasteiger partial charge >= 0.3 is 0 Å². The van der Waals surface area contributed by atoms with Crippen LogP contribution in [0.4, 0.5) is 11.5 Å². The molecule has 196 valence electrons. The van der Waals surface area contributed by atoms with Gasteiger partial charge in [-0.25, -0.2) is 4.98 Å². The van der Waals surface area contributed by atoms with Crippen molar-refractivity contribution < 1.29 is 14.5 Å². The number of aromatic nitrogens is 1. The first kappa shape index (κ1) is 25.8. The van der Waals surface area contributed by atoms with Gasteiger partial charge in [0.2, 0.25) is 5.91 Å². The molecule has 1 aromatic heterocycles. The number of piperidine rings is 1. The molecule has 2 heterocycles. The lowest BCUT2D eigenvalue weighted by molar-refractivity contribution is -0.384. The zero-order valence-corrected chi connectivity index (χ0v) is 21.5. The molecular formula is C28H28ClN5O4. The molecule has 2 amide bonds. The fourth-order valence-electron chi connectivity index (χ4n) is 4.66. The molecule has 38 heavy (non-hydrogen) atoms. The van der Waals surface area contributed by atoms with Gasteiger partial charge in [-0.05, 0) is 73.2 Å². The van der Waals surface area contributed by atoms with Gasteiger partial charge in [-0.2, -0.15) is 0 Å². The molecule has 1 saturated carbocycles. The molecule has 10 heteroatoms. The highest BCUT2D eigenvalue weighted by Gasteiger charge is 2.30. The van der Waals surface area contributed by atoms with E-state index in [9.17, 15) is 19.7 Å². The van der Waals surface area contributed by atoms with E-state index < -0.39 is 4.92 Å². The Morgan fingerprint density at radius 3 is 2.45 bits per heavy atom. The third-order valence-corrected chi connectivity index (χ3v) is 7.22. The van der Waals surface area contributed by atoms with Crippen molar-refractivity contribution in [3.05, 3.63) is 87.1 Å². The molecule has 1 saturated heterocycles. The Morgan fingerprint density at radius 2 is 1.76 bits per heavy atom. The molecule has 2 aromatic carbocycles. The third kappa shape index (κ3) is 6.35. The van der Waals surface area contributed by atoms with Crippen LogP contribution < -0.4 is 10.6 Å². The molecule has 9 nitrogen and oxygen atoms in total. The second-order valence-electron chi connectivity index (χ2n) is 9.83. The highest BCUT2D eigenvalue weighted by atomic mass is 35.5. The van der Waals surface area contributed by atoms with Crippen LogP contribution in [0.25, 0.3) is 11.1 Å². The summed E-state index contributed by atoms with van der Waals surface area (Å²) < 4.78 is 0. The zero-order valence-electron chi connectivity index (χ0n) is 20.7. The highest BCUT2D eigenvalue weighted by Crippen LogP contribution is 2.33. The van der Waals surface area contributed by atoms with Gasteiger partial charge in [0, 0.05) is 54.4 Å². The summed E-state index contributed by atoms with van der Waals surface area (Å²) >= 11 is 5.97. The number of nitrogens with zero attached hydrogens (tertiary/aromatic N) is 3. The van der Waals surface area contributed by atoms with E-state index in [2.05, 4.69) is 20.5 Å². The minimum atomic E-state index is -0.496. The molecule has 0 atom stereocenters. The molecule has 0 bridgehead atoms. The molecule has 2 N–H and O–H groups in total. The summed E-state index contributed by atoms with van der Waals surface area (Å²) in [6.45, 7) is 2.51. The number of nitro groups is 1. The lowest BCUT2D eigenvalue weighted by Crippen LogP contribution is -2.44. The van der Waals surface area contributed by atoms with Crippen LogP contribution in [-0.4, -0.2) is 45.8 Å². The Labute approximate surface area is 225 Å². The monoisotopic (exact) mass is 533 g/mol. The topological polar surface area (TPSA) is 117 Å². The minimum absolute atomic E-state index is 0.000496. The molecule has 3 aromatic rings. The average molecular weight is 534 g/mol. The molecular weight excluding hydrogens is 506 g/mol. The number of amides is 2. The van der Waals surface area contributed by atoms with Crippen molar-refractivity contribution in [2.24, 2.45) is 5.92 Å². The fourth-order valence-corrected chi connectivity index (χ4v) is 4.79. The van der Waals surface area contributed by atoms with E-state index in [0.717, 1.165) is 45.3 Å². The summed E-state index contributed by atoms with van der Waals surface area (Å²) in [5.74, 6) is -0.0591. The number of carbonyl (C=O) groups excluding carboxylic acids is 2. The number of nitro benzene ring substituents is 1. The largest absolute Gasteiger partial charge is 0.349 e. The summed E-state index contributed by atoms with van der Waals surface area (Å²) in [6, 6.07) is 15.5. The number of carbonyl (C=O) groups is 2. The first-order chi connectivity index (χ1) is 18.4. The SMILES string of the molecule is O=C(NC1CCN(Cc2ccc(Cl)cc2)CC1)c1ccc(-c2ccnc(NC(=O)C3CC3)c2)c([N+](=O)[O-])c1. The molecule has 2 aliphatic rings. The smallest absolute Gasteiger partial charge is 0.277 e. The van der Waals surface area contributed by atoms with Crippen molar-refractivity contribution in [2.75, 3.05) is 18.4 Å². The number of anilines is 1. The summed E-state index contributed by atoms with van der Waals surface area (Å²) in [4.78, 5) is 42.9. The lowest BCUT2D eigenvalue weighted by Gasteiger charge is -2.32. The van der Waals surface area contributed by atoms with Crippen LogP contribution in [0.1, 0.15) is 41.6 Å². The number of nitrogens with one attached hydrogen (secondary N) is 2. The second-order valence-corrected chi connectivity index (χ2v) is 10.3. The second kappa shape index (κ2) is 11.3. The van der Waals surface area contributed by atoms with E-state index in [1.165, 1.54) is 17.8 Å². The van der Waals surface area contributed by atoms with Gasteiger partial charge in [0.1, 0.15) is 5.82 Å². The van der Waals surface area contributed by atoms with E-state index in [4.69, 9.17) is 11.6 Å². The van der Waals surface area contributed by atoms with Gasteiger partial charge in [-0.3, -0.25) is 24.6 Å². The fraction of sp³-hybridized carbons (Fsp3) is 0.321. The highest BCUT2D eigenvalue weighted by molar-refractivity contribution is 6.30. The van der Waals surface area contributed by atoms with Gasteiger partial charge in [0.15, 0.2) is 0 Å². The quantitative estimate of drug-likeness (QED) is 0.309. The van der Waals surface area contributed by atoms with Gasteiger partial charge in [-0.1, -0.05) is 23.7 Å². The van der Waals surface area contributed by atoms with Crippen LogP contribution in [0.3, 0.4) is 0 Å². The third-order valence-electron chi connectivity index (χ3n) is 6.97. The summed E-state index contributed by atoms with van der Waals surface area (Å²) in [5.41, 5.74) is 2.14. The van der Waals surface area contributed by atoms with Crippen LogP contribution in [0.2, 0.25) is 5.02 Å². The van der Waals surface area contributed by atoms with Gasteiger partial charge < -0.3 is 10.6 Å². The maximum atomic E-state index is 13.0. The number of halogens is 1. The molecule has 0 radical (unpaired) electrons. The van der Waals surface area contributed by atoms with Crippen LogP contribution in [0, 0.1) is 16.0 Å². The number of rotatable bonds is 8. The lowest BCUT2D eigenvalue weighted by atomic mass is 10.0. The van der Waals surface area contributed by atoms with Crippen molar-refractivity contribution in [1.29, 1.82) is 0 Å². The molecule has 0 unspecified atom stereocenters. The van der Waals surface area contributed by atoms with E-state index in [1.54, 1.807) is 24.3 Å². The van der Waals surface area contributed by atoms with Crippen molar-refractivity contribution in [2.45, 2.75) is 38.3 Å². The normalized spacial score (nSPS) is 16.1. The average Bonchev–Trinajstić information content (AvgIpc) is 3.77. The standard InChI is InChI=1S/C28H28ClN5O4/c29-22-6-1-18(2-7-22)17-33-13-10-23(11-14-33)31-28(36)21-5-8-24(25(15-21)34(37)38)20-9-12-30-26(16-20)32-27(35)19-3-4-19/h1-2,5-9,12,15-16,19,23H,3-4,10-11,13-14,17H2,(H,31,36)(H,30,32,35). The van der Waals surface area contributed by atoms with E-state index in [-0.39, 0.29) is 35.0 Å². The molecule has 1 aliphatic carbocycles. The van der Waals surface area contributed by atoms with Crippen molar-refractivity contribution in [3.8, 4) is 11.1 Å². The van der Waals surface area contributed by atoms with E-state index in [0.29, 0.717) is 22.0 Å². The van der Waals surface area contributed by atoms with Crippen LogP contribution in [0.5, 0.6) is 0 Å². The Kier molecular flexibility index (Phi) is 7.67. The number of hydrogen-bond acceptors (Lipinski definition) is 6. The minimum Gasteiger partial charge on any atom is -0.349 e. The maximum absolute atomic E-state index is 13.0. The molecule has 5 rings (SSSR count). The van der Waals surface area contributed by atoms with Gasteiger partial charge in [0.25, 0.3) is 11.6 Å². The number of hydrogen-bond donors (Lipinski definition) is 2.